The van der Waals surface area contributed by atoms with Gasteiger partial charge in [-0.3, -0.25) is 0 Å². The molecule has 2 bridgehead atoms. The van der Waals surface area contributed by atoms with Gasteiger partial charge in [0.1, 0.15) is 6.10 Å². The topological polar surface area (TPSA) is 26.3 Å². The molecular formula is C17H28O2. The number of carbonyl (C=O) groups excluding carboxylic acids is 1. The highest BCUT2D eigenvalue weighted by Gasteiger charge is 2.38. The summed E-state index contributed by atoms with van der Waals surface area (Å²) in [5.41, 5.74) is 0.515. The maximum Gasteiger partial charge on any atom is 0.333 e. The van der Waals surface area contributed by atoms with Crippen molar-refractivity contribution in [2.75, 3.05) is 0 Å². The summed E-state index contributed by atoms with van der Waals surface area (Å²) in [7, 11) is 0. The van der Waals surface area contributed by atoms with Crippen LogP contribution in [0.25, 0.3) is 0 Å². The van der Waals surface area contributed by atoms with Crippen molar-refractivity contribution in [1.29, 1.82) is 0 Å². The van der Waals surface area contributed by atoms with Gasteiger partial charge in [-0.15, -0.1) is 0 Å². The van der Waals surface area contributed by atoms with Crippen molar-refractivity contribution in [1.82, 2.24) is 0 Å². The lowest BCUT2D eigenvalue weighted by molar-refractivity contribution is -0.152. The Labute approximate surface area is 117 Å². The van der Waals surface area contributed by atoms with E-state index in [0.29, 0.717) is 17.4 Å². The lowest BCUT2D eigenvalue weighted by atomic mass is 9.65. The van der Waals surface area contributed by atoms with Gasteiger partial charge in [0.25, 0.3) is 0 Å². The number of hydrogen-bond donors (Lipinski definition) is 0. The quantitative estimate of drug-likeness (QED) is 0.557. The van der Waals surface area contributed by atoms with Crippen LogP contribution in [0.4, 0.5) is 0 Å². The SMILES string of the molecule is C=C(C)C(=O)OC(C(C)C)C1CC2CCCC(C2)C1. The normalized spacial score (nSPS) is 31.9. The van der Waals surface area contributed by atoms with Gasteiger partial charge in [-0.2, -0.15) is 0 Å². The molecule has 3 atom stereocenters. The fraction of sp³-hybridized carbons (Fsp3) is 0.824. The molecule has 2 heteroatoms. The zero-order chi connectivity index (χ0) is 14.0. The second kappa shape index (κ2) is 6.11. The highest BCUT2D eigenvalue weighted by atomic mass is 16.5. The third-order valence-corrected chi connectivity index (χ3v) is 4.88. The first kappa shape index (κ1) is 14.6. The summed E-state index contributed by atoms with van der Waals surface area (Å²) in [6, 6.07) is 0. The van der Waals surface area contributed by atoms with Gasteiger partial charge >= 0.3 is 5.97 Å². The van der Waals surface area contributed by atoms with E-state index in [1.165, 1.54) is 38.5 Å². The maximum atomic E-state index is 11.8. The number of esters is 1. The molecule has 0 aromatic carbocycles. The molecule has 3 unspecified atom stereocenters. The summed E-state index contributed by atoms with van der Waals surface area (Å²) in [5, 5.41) is 0. The van der Waals surface area contributed by atoms with Gasteiger partial charge in [-0.05, 0) is 49.9 Å². The smallest absolute Gasteiger partial charge is 0.333 e. The average molecular weight is 264 g/mol. The summed E-state index contributed by atoms with van der Waals surface area (Å²) in [6.07, 6.45) is 8.16. The van der Waals surface area contributed by atoms with Gasteiger partial charge in [-0.25, -0.2) is 4.79 Å². The lowest BCUT2D eigenvalue weighted by Crippen LogP contribution is -2.38. The largest absolute Gasteiger partial charge is 0.458 e. The Balaban J connectivity index is 2.02. The highest BCUT2D eigenvalue weighted by Crippen LogP contribution is 2.45. The minimum atomic E-state index is -0.213. The van der Waals surface area contributed by atoms with Crippen LogP contribution in [0.2, 0.25) is 0 Å². The van der Waals surface area contributed by atoms with Gasteiger partial charge in [0.15, 0.2) is 0 Å². The molecule has 0 aromatic rings. The number of fused-ring (bicyclic) bond motifs is 2. The Kier molecular flexibility index (Phi) is 4.70. The Morgan fingerprint density at radius 3 is 2.21 bits per heavy atom. The first-order valence-electron chi connectivity index (χ1n) is 7.83. The van der Waals surface area contributed by atoms with Gasteiger partial charge in [0, 0.05) is 5.57 Å². The van der Waals surface area contributed by atoms with Crippen LogP contribution in [0.3, 0.4) is 0 Å². The van der Waals surface area contributed by atoms with Gasteiger partial charge in [-0.1, -0.05) is 39.7 Å². The predicted molar refractivity (Wildman–Crippen MR) is 77.7 cm³/mol. The van der Waals surface area contributed by atoms with Crippen molar-refractivity contribution >= 4 is 5.97 Å². The van der Waals surface area contributed by atoms with Crippen molar-refractivity contribution < 1.29 is 9.53 Å². The number of hydrogen-bond acceptors (Lipinski definition) is 2. The lowest BCUT2D eigenvalue weighted by Gasteiger charge is -2.42. The minimum Gasteiger partial charge on any atom is -0.458 e. The summed E-state index contributed by atoms with van der Waals surface area (Å²) in [5.74, 6) is 2.50. The number of carbonyl (C=O) groups is 1. The molecule has 0 saturated heterocycles. The van der Waals surface area contributed by atoms with Crippen molar-refractivity contribution in [3.63, 3.8) is 0 Å². The number of ether oxygens (including phenoxy) is 1. The van der Waals surface area contributed by atoms with Crippen LogP contribution >= 0.6 is 0 Å². The molecule has 2 nitrogen and oxygen atoms in total. The van der Waals surface area contributed by atoms with E-state index in [0.717, 1.165) is 11.8 Å². The third kappa shape index (κ3) is 3.61. The zero-order valence-electron chi connectivity index (χ0n) is 12.7. The molecule has 2 saturated carbocycles. The van der Waals surface area contributed by atoms with Crippen molar-refractivity contribution in [3.05, 3.63) is 12.2 Å². The molecular weight excluding hydrogens is 236 g/mol. The Morgan fingerprint density at radius 1 is 1.16 bits per heavy atom. The van der Waals surface area contributed by atoms with E-state index >= 15 is 0 Å². The molecule has 2 rings (SSSR count). The molecule has 2 aliphatic rings. The van der Waals surface area contributed by atoms with Crippen LogP contribution in [-0.4, -0.2) is 12.1 Å². The molecule has 0 N–H and O–H groups in total. The fourth-order valence-corrected chi connectivity index (χ4v) is 4.05. The molecule has 2 fully saturated rings. The molecule has 0 aromatic heterocycles. The van der Waals surface area contributed by atoms with Crippen LogP contribution in [0.5, 0.6) is 0 Å². The van der Waals surface area contributed by atoms with Crippen LogP contribution in [-0.2, 0) is 9.53 Å². The first-order valence-corrected chi connectivity index (χ1v) is 7.83. The van der Waals surface area contributed by atoms with Gasteiger partial charge < -0.3 is 4.74 Å². The van der Waals surface area contributed by atoms with Crippen molar-refractivity contribution in [3.8, 4) is 0 Å². The monoisotopic (exact) mass is 264 g/mol. The highest BCUT2D eigenvalue weighted by molar-refractivity contribution is 5.87. The van der Waals surface area contributed by atoms with E-state index in [1.54, 1.807) is 6.92 Å². The molecule has 0 radical (unpaired) electrons. The van der Waals surface area contributed by atoms with Crippen LogP contribution in [0.1, 0.15) is 59.3 Å². The van der Waals surface area contributed by atoms with E-state index in [-0.39, 0.29) is 12.1 Å². The summed E-state index contributed by atoms with van der Waals surface area (Å²) >= 11 is 0. The van der Waals surface area contributed by atoms with E-state index in [9.17, 15) is 4.79 Å². The van der Waals surface area contributed by atoms with Gasteiger partial charge in [0.2, 0.25) is 0 Å². The third-order valence-electron chi connectivity index (χ3n) is 4.88. The van der Waals surface area contributed by atoms with E-state index in [2.05, 4.69) is 20.4 Å². The molecule has 0 heterocycles. The van der Waals surface area contributed by atoms with E-state index < -0.39 is 0 Å². The molecule has 0 aliphatic heterocycles. The summed E-state index contributed by atoms with van der Waals surface area (Å²) < 4.78 is 5.74. The molecule has 108 valence electrons. The average Bonchev–Trinajstić information content (AvgIpc) is 2.34. The first-order chi connectivity index (χ1) is 8.97. The fourth-order valence-electron chi connectivity index (χ4n) is 4.05. The van der Waals surface area contributed by atoms with Crippen LogP contribution in [0, 0.1) is 23.7 Å². The number of rotatable bonds is 4. The Bertz CT molecular complexity index is 333. The minimum absolute atomic E-state index is 0.0765. The van der Waals surface area contributed by atoms with Crippen LogP contribution in [0.15, 0.2) is 12.2 Å². The zero-order valence-corrected chi connectivity index (χ0v) is 12.7. The van der Waals surface area contributed by atoms with Gasteiger partial charge in [0.05, 0.1) is 0 Å². The van der Waals surface area contributed by atoms with Crippen molar-refractivity contribution in [2.45, 2.75) is 65.4 Å². The Morgan fingerprint density at radius 2 is 1.74 bits per heavy atom. The predicted octanol–water partition coefficient (Wildman–Crippen LogP) is 4.35. The van der Waals surface area contributed by atoms with Crippen molar-refractivity contribution in [2.24, 2.45) is 23.7 Å². The standard InChI is InChI=1S/C17H28O2/c1-11(2)16(19-17(18)12(3)4)15-9-13-6-5-7-14(8-13)10-15/h11,13-16H,3,5-10H2,1-2,4H3. The second-order valence-corrected chi connectivity index (χ2v) is 7.02. The summed E-state index contributed by atoms with van der Waals surface area (Å²) in [4.78, 5) is 11.8. The molecule has 19 heavy (non-hydrogen) atoms. The second-order valence-electron chi connectivity index (χ2n) is 7.02. The van der Waals surface area contributed by atoms with Crippen LogP contribution < -0.4 is 0 Å². The molecule has 0 amide bonds. The molecule has 2 aliphatic carbocycles. The van der Waals surface area contributed by atoms with E-state index in [4.69, 9.17) is 4.74 Å². The summed E-state index contributed by atoms with van der Waals surface area (Å²) in [6.45, 7) is 9.76. The van der Waals surface area contributed by atoms with E-state index in [1.807, 2.05) is 0 Å². The maximum absolute atomic E-state index is 11.8. The Hall–Kier alpha value is -0.790. The molecule has 0 spiro atoms.